The molecular weight excluding hydrogens is 598 g/mol. The van der Waals surface area contributed by atoms with Crippen LogP contribution in [0.25, 0.3) is 27.8 Å². The fourth-order valence-electron chi connectivity index (χ4n) is 6.15. The summed E-state index contributed by atoms with van der Waals surface area (Å²) in [6.07, 6.45) is -5.54. The molecule has 46 heavy (non-hydrogen) atoms. The fraction of sp³-hybridized carbons (Fsp3) is 0.469. The molecule has 3 aliphatic heterocycles. The maximum absolute atomic E-state index is 11.7. The van der Waals surface area contributed by atoms with Crippen LogP contribution in [0.5, 0.6) is 11.5 Å². The second kappa shape index (κ2) is 12.0. The van der Waals surface area contributed by atoms with Crippen LogP contribution in [0.3, 0.4) is 0 Å². The number of nitrogens with zero attached hydrogens (tertiary/aromatic N) is 4. The summed E-state index contributed by atoms with van der Waals surface area (Å²) in [5.41, 5.74) is 8.73. The molecule has 7 rings (SSSR count). The number of aliphatic hydroxyl groups excluding tert-OH is 3. The smallest absolute Gasteiger partial charge is 0.335 e. The topological polar surface area (TPSA) is 195 Å². The van der Waals surface area contributed by atoms with Gasteiger partial charge >= 0.3 is 5.97 Å². The third-order valence-corrected chi connectivity index (χ3v) is 8.97. The zero-order chi connectivity index (χ0) is 32.2. The van der Waals surface area contributed by atoms with Crippen molar-refractivity contribution in [2.75, 3.05) is 37.8 Å². The number of benzene rings is 2. The molecule has 4 aromatic rings. The summed E-state index contributed by atoms with van der Waals surface area (Å²) in [5.74, 6) is -0.569. The van der Waals surface area contributed by atoms with Crippen LogP contribution in [-0.4, -0.2) is 111 Å². The Hall–Kier alpha value is -4.05. The van der Waals surface area contributed by atoms with Gasteiger partial charge in [-0.15, -0.1) is 0 Å². The van der Waals surface area contributed by atoms with Crippen molar-refractivity contribution >= 4 is 33.6 Å². The number of carboxylic acid groups (broad SMARTS) is 1. The Labute approximate surface area is 263 Å². The predicted molar refractivity (Wildman–Crippen MR) is 165 cm³/mol. The van der Waals surface area contributed by atoms with Gasteiger partial charge in [0.1, 0.15) is 36.0 Å². The number of aliphatic carboxylic acids is 1. The first-order chi connectivity index (χ1) is 22.1. The Bertz CT molecular complexity index is 1750. The first-order valence-corrected chi connectivity index (χ1v) is 15.3. The summed E-state index contributed by atoms with van der Waals surface area (Å²) in [7, 11) is 0. The van der Waals surface area contributed by atoms with Crippen LogP contribution in [0.15, 0.2) is 48.8 Å². The summed E-state index contributed by atoms with van der Waals surface area (Å²) in [6.45, 7) is 5.05. The lowest BCUT2D eigenvalue weighted by molar-refractivity contribution is -0.271. The number of hydrogen-bond donors (Lipinski definition) is 5. The molecule has 14 heteroatoms. The number of ether oxygens (including phenoxy) is 4. The number of piperidine rings is 1. The van der Waals surface area contributed by atoms with Gasteiger partial charge in [-0.25, -0.2) is 14.8 Å². The lowest BCUT2D eigenvalue weighted by Crippen LogP contribution is -2.61. The van der Waals surface area contributed by atoms with Crippen molar-refractivity contribution in [1.82, 2.24) is 14.5 Å². The van der Waals surface area contributed by atoms with Crippen molar-refractivity contribution in [3.8, 4) is 17.3 Å². The first-order valence-electron chi connectivity index (χ1n) is 15.3. The number of nitrogens with two attached hydrogens (primary N) is 1. The standard InChI is InChI=1S/C32H37N5O9/c1-32(13-43-14-32)15-44-21-7-6-20-24(28(21)45-31-27(40)25(38)26(39)29(46-31)30(41)42)34-16-37(20)22-8-5-17-3-2-4-19(23(17)35-22)36-11-9-18(33)10-12-36/h2-8,16,18,25-27,29,31,38-40H,9-15,33H2,1H3,(H,41,42). The van der Waals surface area contributed by atoms with E-state index in [-0.39, 0.29) is 23.0 Å². The molecule has 0 radical (unpaired) electrons. The summed E-state index contributed by atoms with van der Waals surface area (Å²) < 4.78 is 24.8. The Kier molecular flexibility index (Phi) is 7.95. The highest BCUT2D eigenvalue weighted by molar-refractivity contribution is 5.92. The number of fused-ring (bicyclic) bond motifs is 2. The van der Waals surface area contributed by atoms with Gasteiger partial charge in [-0.3, -0.25) is 4.57 Å². The Morgan fingerprint density at radius 2 is 1.83 bits per heavy atom. The molecule has 0 bridgehead atoms. The van der Waals surface area contributed by atoms with E-state index in [2.05, 4.69) is 16.0 Å². The van der Waals surface area contributed by atoms with E-state index in [1.54, 1.807) is 17.0 Å². The van der Waals surface area contributed by atoms with Gasteiger partial charge in [0.15, 0.2) is 17.6 Å². The number of hydrogen-bond acceptors (Lipinski definition) is 12. The molecule has 0 amide bonds. The molecule has 0 saturated carbocycles. The Morgan fingerprint density at radius 1 is 1.04 bits per heavy atom. The van der Waals surface area contributed by atoms with Gasteiger partial charge in [-0.2, -0.15) is 0 Å². The molecule has 2 aromatic heterocycles. The minimum Gasteiger partial charge on any atom is -0.489 e. The van der Waals surface area contributed by atoms with Crippen LogP contribution >= 0.6 is 0 Å². The summed E-state index contributed by atoms with van der Waals surface area (Å²) in [6, 6.07) is 13.7. The number of carbonyl (C=O) groups is 1. The zero-order valence-electron chi connectivity index (χ0n) is 25.2. The number of aliphatic hydroxyl groups is 3. The van der Waals surface area contributed by atoms with Crippen molar-refractivity contribution in [2.24, 2.45) is 11.1 Å². The zero-order valence-corrected chi connectivity index (χ0v) is 25.2. The lowest BCUT2D eigenvalue weighted by atomic mass is 9.90. The highest BCUT2D eigenvalue weighted by atomic mass is 16.7. The molecule has 5 unspecified atom stereocenters. The molecule has 0 spiro atoms. The SMILES string of the molecule is CC1(COc2ccc3c(ncn3-c3ccc4cccc(N5CCC(N)CC5)c4n3)c2OC2OC(C(=O)O)C(O)C(O)C2O)COC1. The van der Waals surface area contributed by atoms with Gasteiger partial charge in [0, 0.05) is 29.9 Å². The molecule has 14 nitrogen and oxygen atoms in total. The Balaban J connectivity index is 1.27. The summed E-state index contributed by atoms with van der Waals surface area (Å²) in [4.78, 5) is 23.7. The molecule has 3 saturated heterocycles. The molecule has 5 atom stereocenters. The quantitative estimate of drug-likeness (QED) is 0.185. The molecular formula is C32H37N5O9. The van der Waals surface area contributed by atoms with Crippen LogP contribution in [0.1, 0.15) is 19.8 Å². The first kappa shape index (κ1) is 30.6. The van der Waals surface area contributed by atoms with Gasteiger partial charge in [0.05, 0.1) is 36.5 Å². The van der Waals surface area contributed by atoms with Crippen molar-refractivity contribution in [3.05, 3.63) is 48.8 Å². The minimum absolute atomic E-state index is 0.0722. The van der Waals surface area contributed by atoms with E-state index in [1.165, 1.54) is 0 Å². The number of pyridine rings is 1. The van der Waals surface area contributed by atoms with Crippen molar-refractivity contribution < 1.29 is 44.2 Å². The van der Waals surface area contributed by atoms with Crippen LogP contribution in [0.4, 0.5) is 5.69 Å². The molecule has 3 fully saturated rings. The maximum Gasteiger partial charge on any atom is 0.335 e. The number of imidazole rings is 1. The maximum atomic E-state index is 11.7. The fourth-order valence-corrected chi connectivity index (χ4v) is 6.15. The van der Waals surface area contributed by atoms with Crippen LogP contribution in [0, 0.1) is 5.41 Å². The van der Waals surface area contributed by atoms with E-state index in [0.717, 1.165) is 42.5 Å². The van der Waals surface area contributed by atoms with Crippen molar-refractivity contribution in [2.45, 2.75) is 56.5 Å². The normalized spacial score (nSPS) is 26.6. The monoisotopic (exact) mass is 635 g/mol. The minimum atomic E-state index is -1.86. The highest BCUT2D eigenvalue weighted by Crippen LogP contribution is 2.40. The molecule has 2 aromatic carbocycles. The summed E-state index contributed by atoms with van der Waals surface area (Å²) in [5, 5.41) is 41.8. The van der Waals surface area contributed by atoms with E-state index in [0.29, 0.717) is 36.7 Å². The lowest BCUT2D eigenvalue weighted by Gasteiger charge is -2.39. The van der Waals surface area contributed by atoms with Crippen LogP contribution in [-0.2, 0) is 14.3 Å². The van der Waals surface area contributed by atoms with Gasteiger partial charge in [0.25, 0.3) is 0 Å². The number of anilines is 1. The average Bonchev–Trinajstić information content (AvgIpc) is 3.48. The third-order valence-electron chi connectivity index (χ3n) is 8.97. The second-order valence-electron chi connectivity index (χ2n) is 12.7. The molecule has 244 valence electrons. The largest absolute Gasteiger partial charge is 0.489 e. The second-order valence-corrected chi connectivity index (χ2v) is 12.7. The Morgan fingerprint density at radius 3 is 2.54 bits per heavy atom. The van der Waals surface area contributed by atoms with E-state index >= 15 is 0 Å². The van der Waals surface area contributed by atoms with Crippen molar-refractivity contribution in [1.29, 1.82) is 0 Å². The highest BCUT2D eigenvalue weighted by Gasteiger charge is 2.48. The summed E-state index contributed by atoms with van der Waals surface area (Å²) >= 11 is 0. The number of carboxylic acids is 1. The van der Waals surface area contributed by atoms with E-state index < -0.39 is 36.7 Å². The van der Waals surface area contributed by atoms with Crippen LogP contribution < -0.4 is 20.1 Å². The predicted octanol–water partition coefficient (Wildman–Crippen LogP) is 1.19. The number of para-hydroxylation sites is 1. The van der Waals surface area contributed by atoms with E-state index in [1.807, 2.05) is 37.3 Å². The van der Waals surface area contributed by atoms with Gasteiger partial charge in [0.2, 0.25) is 6.29 Å². The van der Waals surface area contributed by atoms with Crippen molar-refractivity contribution in [3.63, 3.8) is 0 Å². The van der Waals surface area contributed by atoms with Gasteiger partial charge in [-0.1, -0.05) is 19.1 Å². The number of aromatic nitrogens is 3. The number of rotatable bonds is 8. The molecule has 5 heterocycles. The molecule has 6 N–H and O–H groups in total. The van der Waals surface area contributed by atoms with E-state index in [9.17, 15) is 25.2 Å². The average molecular weight is 636 g/mol. The third kappa shape index (κ3) is 5.50. The molecule has 3 aliphatic rings. The van der Waals surface area contributed by atoms with Gasteiger partial charge in [-0.05, 0) is 43.2 Å². The van der Waals surface area contributed by atoms with Gasteiger partial charge < -0.3 is 50.0 Å². The van der Waals surface area contributed by atoms with E-state index in [4.69, 9.17) is 29.7 Å². The van der Waals surface area contributed by atoms with Crippen LogP contribution in [0.2, 0.25) is 0 Å². The molecule has 0 aliphatic carbocycles.